The minimum atomic E-state index is -0.0290. The number of amides is 1. The Hall–Kier alpha value is -0.610. The average molecular weight is 283 g/mol. The van der Waals surface area contributed by atoms with E-state index < -0.39 is 0 Å². The maximum Gasteiger partial charge on any atom is 0.239 e. The van der Waals surface area contributed by atoms with Gasteiger partial charge in [-0.25, -0.2) is 0 Å². The van der Waals surface area contributed by atoms with Gasteiger partial charge in [-0.2, -0.15) is 0 Å². The summed E-state index contributed by atoms with van der Waals surface area (Å²) in [5.41, 5.74) is 0. The molecule has 0 spiro atoms. The lowest BCUT2D eigenvalue weighted by Gasteiger charge is -2.38. The van der Waals surface area contributed by atoms with Gasteiger partial charge in [-0.3, -0.25) is 9.69 Å². The molecule has 1 N–H and O–H groups in total. The number of rotatable bonds is 7. The molecule has 118 valence electrons. The predicted octanol–water partition coefficient (Wildman–Crippen LogP) is 2.10. The topological polar surface area (TPSA) is 35.6 Å². The summed E-state index contributed by atoms with van der Waals surface area (Å²) in [7, 11) is 0. The molecule has 1 saturated heterocycles. The van der Waals surface area contributed by atoms with Crippen LogP contribution in [0.1, 0.15) is 53.9 Å². The highest BCUT2D eigenvalue weighted by molar-refractivity contribution is 5.81. The van der Waals surface area contributed by atoms with Gasteiger partial charge in [0.05, 0.1) is 6.04 Å². The fourth-order valence-corrected chi connectivity index (χ4v) is 3.09. The summed E-state index contributed by atoms with van der Waals surface area (Å²) in [6.07, 6.45) is 3.82. The highest BCUT2D eigenvalue weighted by Crippen LogP contribution is 2.14. The molecule has 2 atom stereocenters. The molecule has 4 heteroatoms. The Kier molecular flexibility index (Phi) is 7.52. The summed E-state index contributed by atoms with van der Waals surface area (Å²) in [6, 6.07) is 0.907. The zero-order chi connectivity index (χ0) is 15.1. The SMILES string of the molecule is CCN(CC)C(=O)C(C)N(CC1CCCCN1)C(C)C. The van der Waals surface area contributed by atoms with Crippen LogP contribution >= 0.6 is 0 Å². The summed E-state index contributed by atoms with van der Waals surface area (Å²) in [5.74, 6) is 0.263. The molecule has 0 saturated carbocycles. The van der Waals surface area contributed by atoms with Gasteiger partial charge < -0.3 is 10.2 Å². The van der Waals surface area contributed by atoms with E-state index in [9.17, 15) is 4.79 Å². The second kappa shape index (κ2) is 8.63. The van der Waals surface area contributed by atoms with Gasteiger partial charge in [-0.15, -0.1) is 0 Å². The van der Waals surface area contributed by atoms with Crippen LogP contribution in [0, 0.1) is 0 Å². The van der Waals surface area contributed by atoms with E-state index >= 15 is 0 Å². The molecule has 1 amide bonds. The van der Waals surface area contributed by atoms with Crippen LogP contribution in [0.5, 0.6) is 0 Å². The molecule has 0 bridgehead atoms. The van der Waals surface area contributed by atoms with E-state index in [1.54, 1.807) is 0 Å². The molecular weight excluding hydrogens is 250 g/mol. The molecule has 1 aliphatic rings. The Balaban J connectivity index is 2.66. The van der Waals surface area contributed by atoms with E-state index in [0.717, 1.165) is 26.2 Å². The van der Waals surface area contributed by atoms with Gasteiger partial charge in [0.15, 0.2) is 0 Å². The summed E-state index contributed by atoms with van der Waals surface area (Å²) in [5, 5.41) is 3.59. The van der Waals surface area contributed by atoms with Gasteiger partial charge in [-0.1, -0.05) is 6.42 Å². The van der Waals surface area contributed by atoms with Crippen LogP contribution < -0.4 is 5.32 Å². The van der Waals surface area contributed by atoms with E-state index in [1.165, 1.54) is 19.3 Å². The molecule has 0 aliphatic carbocycles. The first-order chi connectivity index (χ1) is 9.51. The number of piperidine rings is 1. The predicted molar refractivity (Wildman–Crippen MR) is 84.9 cm³/mol. The Labute approximate surface area is 124 Å². The highest BCUT2D eigenvalue weighted by Gasteiger charge is 2.28. The molecule has 1 heterocycles. The maximum absolute atomic E-state index is 12.6. The van der Waals surface area contributed by atoms with Crippen LogP contribution in [-0.2, 0) is 4.79 Å². The fraction of sp³-hybridized carbons (Fsp3) is 0.938. The Bertz CT molecular complexity index is 283. The van der Waals surface area contributed by atoms with Crippen molar-refractivity contribution in [3.05, 3.63) is 0 Å². The molecule has 4 nitrogen and oxygen atoms in total. The van der Waals surface area contributed by atoms with Crippen molar-refractivity contribution in [3.8, 4) is 0 Å². The summed E-state index contributed by atoms with van der Waals surface area (Å²) >= 11 is 0. The number of likely N-dealkylation sites (N-methyl/N-ethyl adjacent to an activating group) is 1. The van der Waals surface area contributed by atoms with Crippen molar-refractivity contribution in [2.24, 2.45) is 0 Å². The van der Waals surface area contributed by atoms with Crippen LogP contribution in [0.4, 0.5) is 0 Å². The lowest BCUT2D eigenvalue weighted by molar-refractivity contribution is -0.137. The average Bonchev–Trinajstić information content (AvgIpc) is 2.46. The first kappa shape index (κ1) is 17.4. The smallest absolute Gasteiger partial charge is 0.239 e. The first-order valence-electron chi connectivity index (χ1n) is 8.29. The third-order valence-corrected chi connectivity index (χ3v) is 4.44. The second-order valence-electron chi connectivity index (χ2n) is 6.12. The molecule has 0 aromatic heterocycles. The van der Waals surface area contributed by atoms with Crippen LogP contribution in [0.25, 0.3) is 0 Å². The summed E-state index contributed by atoms with van der Waals surface area (Å²) < 4.78 is 0. The maximum atomic E-state index is 12.6. The van der Waals surface area contributed by atoms with E-state index in [-0.39, 0.29) is 11.9 Å². The molecule has 0 radical (unpaired) electrons. The van der Waals surface area contributed by atoms with Crippen molar-refractivity contribution in [1.29, 1.82) is 0 Å². The van der Waals surface area contributed by atoms with E-state index in [2.05, 4.69) is 44.8 Å². The first-order valence-corrected chi connectivity index (χ1v) is 8.29. The van der Waals surface area contributed by atoms with Gasteiger partial charge in [0.2, 0.25) is 5.91 Å². The summed E-state index contributed by atoms with van der Waals surface area (Å²) in [4.78, 5) is 16.8. The third-order valence-electron chi connectivity index (χ3n) is 4.44. The number of nitrogens with zero attached hydrogens (tertiary/aromatic N) is 2. The minimum Gasteiger partial charge on any atom is -0.342 e. The monoisotopic (exact) mass is 283 g/mol. The minimum absolute atomic E-state index is 0.0290. The number of hydrogen-bond acceptors (Lipinski definition) is 3. The van der Waals surface area contributed by atoms with Crippen molar-refractivity contribution in [2.45, 2.75) is 72.0 Å². The molecule has 0 aromatic carbocycles. The van der Waals surface area contributed by atoms with E-state index in [0.29, 0.717) is 12.1 Å². The second-order valence-corrected chi connectivity index (χ2v) is 6.12. The molecule has 1 aliphatic heterocycles. The van der Waals surface area contributed by atoms with Gasteiger partial charge in [0.25, 0.3) is 0 Å². The zero-order valence-electron chi connectivity index (χ0n) is 14.0. The van der Waals surface area contributed by atoms with Crippen molar-refractivity contribution >= 4 is 5.91 Å². The van der Waals surface area contributed by atoms with Gasteiger partial charge in [0, 0.05) is 31.7 Å². The van der Waals surface area contributed by atoms with Crippen molar-refractivity contribution in [2.75, 3.05) is 26.2 Å². The Morgan fingerprint density at radius 2 is 1.85 bits per heavy atom. The van der Waals surface area contributed by atoms with Crippen molar-refractivity contribution in [3.63, 3.8) is 0 Å². The lowest BCUT2D eigenvalue weighted by Crippen LogP contribution is -2.54. The number of carbonyl (C=O) groups is 1. The molecule has 20 heavy (non-hydrogen) atoms. The van der Waals surface area contributed by atoms with Gasteiger partial charge in [0.1, 0.15) is 0 Å². The van der Waals surface area contributed by atoms with Crippen LogP contribution in [-0.4, -0.2) is 60.0 Å². The van der Waals surface area contributed by atoms with Gasteiger partial charge >= 0.3 is 0 Å². The number of carbonyl (C=O) groups excluding carboxylic acids is 1. The Morgan fingerprint density at radius 3 is 2.30 bits per heavy atom. The van der Waals surface area contributed by atoms with Crippen LogP contribution in [0.15, 0.2) is 0 Å². The van der Waals surface area contributed by atoms with Crippen LogP contribution in [0.2, 0.25) is 0 Å². The Morgan fingerprint density at radius 1 is 1.20 bits per heavy atom. The molecular formula is C16H33N3O. The van der Waals surface area contributed by atoms with Crippen LogP contribution in [0.3, 0.4) is 0 Å². The van der Waals surface area contributed by atoms with Gasteiger partial charge in [-0.05, 0) is 54.0 Å². The fourth-order valence-electron chi connectivity index (χ4n) is 3.09. The quantitative estimate of drug-likeness (QED) is 0.777. The van der Waals surface area contributed by atoms with E-state index in [1.807, 2.05) is 4.90 Å². The third kappa shape index (κ3) is 4.74. The molecule has 1 fully saturated rings. The zero-order valence-corrected chi connectivity index (χ0v) is 14.0. The van der Waals surface area contributed by atoms with Crippen molar-refractivity contribution < 1.29 is 4.79 Å². The largest absolute Gasteiger partial charge is 0.342 e. The van der Waals surface area contributed by atoms with E-state index in [4.69, 9.17) is 0 Å². The molecule has 1 rings (SSSR count). The molecule has 0 aromatic rings. The highest BCUT2D eigenvalue weighted by atomic mass is 16.2. The molecule has 2 unspecified atom stereocenters. The lowest BCUT2D eigenvalue weighted by atomic mass is 10.0. The standard InChI is InChI=1S/C16H33N3O/c1-6-18(7-2)16(20)14(5)19(13(3)4)12-15-10-8-9-11-17-15/h13-15,17H,6-12H2,1-5H3. The normalized spacial score (nSPS) is 21.2. The number of nitrogens with one attached hydrogen (secondary N) is 1. The summed E-state index contributed by atoms with van der Waals surface area (Å²) in [6.45, 7) is 14.2. The van der Waals surface area contributed by atoms with Crippen molar-refractivity contribution in [1.82, 2.24) is 15.1 Å². The number of hydrogen-bond donors (Lipinski definition) is 1.